The molecule has 1 saturated heterocycles. The summed E-state index contributed by atoms with van der Waals surface area (Å²) in [6.07, 6.45) is 7.07. The molecule has 2 aliphatic rings. The Morgan fingerprint density at radius 2 is 2.14 bits per heavy atom. The van der Waals surface area contributed by atoms with E-state index in [1.165, 1.54) is 31.2 Å². The van der Waals surface area contributed by atoms with Gasteiger partial charge in [-0.1, -0.05) is 31.0 Å². The third-order valence-corrected chi connectivity index (χ3v) is 4.76. The molecule has 3 unspecified atom stereocenters. The van der Waals surface area contributed by atoms with Crippen molar-refractivity contribution < 1.29 is 9.84 Å². The minimum atomic E-state index is -0.211. The van der Waals surface area contributed by atoms with E-state index in [1.54, 1.807) is 0 Å². The quantitative estimate of drug-likeness (QED) is 0.925. The average molecular weight is 289 g/mol. The van der Waals surface area contributed by atoms with Gasteiger partial charge in [0.2, 0.25) is 0 Å². The lowest BCUT2D eigenvalue weighted by molar-refractivity contribution is 0.0811. The van der Waals surface area contributed by atoms with E-state index in [1.807, 2.05) is 13.0 Å². The standard InChI is InChI=1S/C18H27NO2/c1-14(20)11-16-8-3-2-6-10-19(16)13-17-12-15-7-4-5-9-18(15)21-17/h4-5,7,9,14,16-17,20H,2-3,6,8,10-13H2,1H3. The van der Waals surface area contributed by atoms with Crippen molar-refractivity contribution in [1.29, 1.82) is 0 Å². The smallest absolute Gasteiger partial charge is 0.123 e. The number of benzene rings is 1. The molecule has 1 N–H and O–H groups in total. The summed E-state index contributed by atoms with van der Waals surface area (Å²) in [4.78, 5) is 2.57. The maximum Gasteiger partial charge on any atom is 0.123 e. The topological polar surface area (TPSA) is 32.7 Å². The zero-order valence-electron chi connectivity index (χ0n) is 13.0. The Hall–Kier alpha value is -1.06. The lowest BCUT2D eigenvalue weighted by Crippen LogP contribution is -2.42. The maximum atomic E-state index is 9.76. The number of aliphatic hydroxyl groups excluding tert-OH is 1. The fourth-order valence-corrected chi connectivity index (χ4v) is 3.76. The lowest BCUT2D eigenvalue weighted by atomic mass is 10.0. The predicted octanol–water partition coefficient (Wildman–Crippen LogP) is 3.01. The first-order chi connectivity index (χ1) is 10.2. The summed E-state index contributed by atoms with van der Waals surface area (Å²) in [6, 6.07) is 8.89. The number of aliphatic hydroxyl groups is 1. The van der Waals surface area contributed by atoms with Gasteiger partial charge in [0.15, 0.2) is 0 Å². The van der Waals surface area contributed by atoms with Gasteiger partial charge in [0.1, 0.15) is 11.9 Å². The van der Waals surface area contributed by atoms with E-state index in [0.29, 0.717) is 6.04 Å². The summed E-state index contributed by atoms with van der Waals surface area (Å²) in [5.41, 5.74) is 1.34. The van der Waals surface area contributed by atoms with E-state index in [4.69, 9.17) is 4.74 Å². The summed E-state index contributed by atoms with van der Waals surface area (Å²) in [5, 5.41) is 9.76. The van der Waals surface area contributed by atoms with Crippen molar-refractivity contribution in [2.45, 2.75) is 63.7 Å². The second-order valence-electron chi connectivity index (χ2n) is 6.63. The van der Waals surface area contributed by atoms with E-state index in [2.05, 4.69) is 23.1 Å². The highest BCUT2D eigenvalue weighted by molar-refractivity contribution is 5.37. The first-order valence-corrected chi connectivity index (χ1v) is 8.39. The Balaban J connectivity index is 1.62. The first-order valence-electron chi connectivity index (χ1n) is 8.39. The van der Waals surface area contributed by atoms with Crippen LogP contribution in [0.3, 0.4) is 0 Å². The molecule has 0 aromatic heterocycles. The molecule has 0 amide bonds. The summed E-state index contributed by atoms with van der Waals surface area (Å²) in [7, 11) is 0. The molecule has 0 radical (unpaired) electrons. The molecule has 1 aromatic carbocycles. The molecule has 1 aromatic rings. The number of hydrogen-bond acceptors (Lipinski definition) is 3. The largest absolute Gasteiger partial charge is 0.488 e. The van der Waals surface area contributed by atoms with Crippen LogP contribution in [0.4, 0.5) is 0 Å². The number of para-hydroxylation sites is 1. The number of hydrogen-bond donors (Lipinski definition) is 1. The molecule has 0 bridgehead atoms. The highest BCUT2D eigenvalue weighted by Crippen LogP contribution is 2.30. The fraction of sp³-hybridized carbons (Fsp3) is 0.667. The van der Waals surface area contributed by atoms with Gasteiger partial charge in [-0.15, -0.1) is 0 Å². The third kappa shape index (κ3) is 3.78. The Morgan fingerprint density at radius 1 is 1.29 bits per heavy atom. The van der Waals surface area contributed by atoms with Crippen LogP contribution in [0.15, 0.2) is 24.3 Å². The van der Waals surface area contributed by atoms with Crippen LogP contribution in [-0.2, 0) is 6.42 Å². The number of fused-ring (bicyclic) bond motifs is 1. The zero-order chi connectivity index (χ0) is 14.7. The predicted molar refractivity (Wildman–Crippen MR) is 84.7 cm³/mol. The average Bonchev–Trinajstić information content (AvgIpc) is 2.74. The van der Waals surface area contributed by atoms with E-state index in [0.717, 1.165) is 31.7 Å². The van der Waals surface area contributed by atoms with E-state index in [-0.39, 0.29) is 12.2 Å². The van der Waals surface area contributed by atoms with Crippen LogP contribution in [-0.4, -0.2) is 41.3 Å². The zero-order valence-corrected chi connectivity index (χ0v) is 13.0. The van der Waals surface area contributed by atoms with Crippen LogP contribution in [0.2, 0.25) is 0 Å². The van der Waals surface area contributed by atoms with Gasteiger partial charge in [0.25, 0.3) is 0 Å². The second kappa shape index (κ2) is 6.80. The van der Waals surface area contributed by atoms with Crippen molar-refractivity contribution in [1.82, 2.24) is 4.90 Å². The SMILES string of the molecule is CC(O)CC1CCCCCN1CC1Cc2ccccc2O1. The Morgan fingerprint density at radius 3 is 2.95 bits per heavy atom. The third-order valence-electron chi connectivity index (χ3n) is 4.76. The molecule has 3 atom stereocenters. The molecule has 3 heteroatoms. The van der Waals surface area contributed by atoms with Gasteiger partial charge >= 0.3 is 0 Å². The van der Waals surface area contributed by atoms with Gasteiger partial charge in [-0.2, -0.15) is 0 Å². The van der Waals surface area contributed by atoms with Gasteiger partial charge in [-0.3, -0.25) is 4.90 Å². The summed E-state index contributed by atoms with van der Waals surface area (Å²) in [5.74, 6) is 1.06. The van der Waals surface area contributed by atoms with E-state index in [9.17, 15) is 5.11 Å². The van der Waals surface area contributed by atoms with Crippen LogP contribution < -0.4 is 4.74 Å². The molecule has 3 nitrogen and oxygen atoms in total. The van der Waals surface area contributed by atoms with Crippen LogP contribution in [0, 0.1) is 0 Å². The molecule has 0 aliphatic carbocycles. The van der Waals surface area contributed by atoms with Gasteiger partial charge in [0, 0.05) is 19.0 Å². The minimum absolute atomic E-state index is 0.211. The van der Waals surface area contributed by atoms with E-state index < -0.39 is 0 Å². The van der Waals surface area contributed by atoms with E-state index >= 15 is 0 Å². The van der Waals surface area contributed by atoms with Crippen molar-refractivity contribution in [3.63, 3.8) is 0 Å². The van der Waals surface area contributed by atoms with Gasteiger partial charge in [-0.25, -0.2) is 0 Å². The van der Waals surface area contributed by atoms with Gasteiger partial charge in [-0.05, 0) is 44.4 Å². The minimum Gasteiger partial charge on any atom is -0.488 e. The number of rotatable bonds is 4. The second-order valence-corrected chi connectivity index (χ2v) is 6.63. The summed E-state index contributed by atoms with van der Waals surface area (Å²) in [6.45, 7) is 4.05. The molecular weight excluding hydrogens is 262 g/mol. The van der Waals surface area contributed by atoms with Crippen molar-refractivity contribution >= 4 is 0 Å². The number of nitrogens with zero attached hydrogens (tertiary/aromatic N) is 1. The highest BCUT2D eigenvalue weighted by atomic mass is 16.5. The highest BCUT2D eigenvalue weighted by Gasteiger charge is 2.29. The van der Waals surface area contributed by atoms with Crippen LogP contribution in [0.25, 0.3) is 0 Å². The summed E-state index contributed by atoms with van der Waals surface area (Å²) >= 11 is 0. The molecule has 3 rings (SSSR count). The van der Waals surface area contributed by atoms with Crippen molar-refractivity contribution in [2.75, 3.05) is 13.1 Å². The van der Waals surface area contributed by atoms with Crippen LogP contribution in [0.1, 0.15) is 44.6 Å². The molecule has 21 heavy (non-hydrogen) atoms. The molecule has 1 fully saturated rings. The molecular formula is C18H27NO2. The Bertz CT molecular complexity index is 435. The molecule has 2 heterocycles. The van der Waals surface area contributed by atoms with Crippen LogP contribution >= 0.6 is 0 Å². The first kappa shape index (κ1) is 14.9. The number of ether oxygens (including phenoxy) is 1. The molecule has 2 aliphatic heterocycles. The Labute approximate surface area is 127 Å². The lowest BCUT2D eigenvalue weighted by Gasteiger charge is -2.32. The molecule has 116 valence electrons. The maximum absolute atomic E-state index is 9.76. The van der Waals surface area contributed by atoms with Crippen molar-refractivity contribution in [2.24, 2.45) is 0 Å². The van der Waals surface area contributed by atoms with Crippen LogP contribution in [0.5, 0.6) is 5.75 Å². The molecule has 0 spiro atoms. The monoisotopic (exact) mass is 289 g/mol. The fourth-order valence-electron chi connectivity index (χ4n) is 3.76. The number of likely N-dealkylation sites (tertiary alicyclic amines) is 1. The van der Waals surface area contributed by atoms with Crippen molar-refractivity contribution in [3.05, 3.63) is 29.8 Å². The van der Waals surface area contributed by atoms with Gasteiger partial charge in [0.05, 0.1) is 6.10 Å². The Kier molecular flexibility index (Phi) is 4.81. The molecule has 0 saturated carbocycles. The normalized spacial score (nSPS) is 27.7. The van der Waals surface area contributed by atoms with Gasteiger partial charge < -0.3 is 9.84 Å². The summed E-state index contributed by atoms with van der Waals surface area (Å²) < 4.78 is 6.10. The van der Waals surface area contributed by atoms with Crippen molar-refractivity contribution in [3.8, 4) is 5.75 Å².